The summed E-state index contributed by atoms with van der Waals surface area (Å²) in [7, 11) is 0. The molecule has 1 aromatic heterocycles. The van der Waals surface area contributed by atoms with Gasteiger partial charge in [-0.2, -0.15) is 5.10 Å². The van der Waals surface area contributed by atoms with Crippen molar-refractivity contribution in [2.24, 2.45) is 0 Å². The number of halogens is 1. The third-order valence-electron chi connectivity index (χ3n) is 6.27. The van der Waals surface area contributed by atoms with Crippen molar-refractivity contribution in [1.29, 1.82) is 0 Å². The van der Waals surface area contributed by atoms with E-state index in [2.05, 4.69) is 39.6 Å². The lowest BCUT2D eigenvalue weighted by atomic mass is 10.0. The van der Waals surface area contributed by atoms with Crippen molar-refractivity contribution in [3.8, 4) is 28.1 Å². The molecule has 5 rings (SSSR count). The first-order chi connectivity index (χ1) is 16.6. The van der Waals surface area contributed by atoms with Crippen LogP contribution in [0.3, 0.4) is 0 Å². The molecule has 0 saturated carbocycles. The Morgan fingerprint density at radius 3 is 2.44 bits per heavy atom. The average molecular weight is 455 g/mol. The molecule has 1 N–H and O–H groups in total. The summed E-state index contributed by atoms with van der Waals surface area (Å²) in [6, 6.07) is 25.4. The van der Waals surface area contributed by atoms with Gasteiger partial charge < -0.3 is 5.32 Å². The van der Waals surface area contributed by atoms with Gasteiger partial charge in [-0.25, -0.2) is 9.07 Å². The summed E-state index contributed by atoms with van der Waals surface area (Å²) >= 11 is 0. The third kappa shape index (κ3) is 4.63. The van der Waals surface area contributed by atoms with Gasteiger partial charge in [-0.15, -0.1) is 0 Å². The Labute approximate surface area is 198 Å². The Kier molecular flexibility index (Phi) is 6.23. The van der Waals surface area contributed by atoms with Crippen LogP contribution in [0.2, 0.25) is 0 Å². The highest BCUT2D eigenvalue weighted by Crippen LogP contribution is 2.31. The number of carbonyl (C=O) groups excluding carboxylic acids is 1. The average Bonchev–Trinajstić information content (AvgIpc) is 3.47. The smallest absolute Gasteiger partial charge is 0.217 e. The lowest BCUT2D eigenvalue weighted by molar-refractivity contribution is -0.119. The van der Waals surface area contributed by atoms with Crippen molar-refractivity contribution in [2.45, 2.75) is 25.9 Å². The highest BCUT2D eigenvalue weighted by molar-refractivity contribution is 5.73. The summed E-state index contributed by atoms with van der Waals surface area (Å²) in [6.07, 6.45) is 2.74. The van der Waals surface area contributed by atoms with E-state index < -0.39 is 0 Å². The lowest BCUT2D eigenvalue weighted by Crippen LogP contribution is -2.35. The molecule has 0 radical (unpaired) electrons. The Balaban J connectivity index is 1.48. The molecule has 2 heterocycles. The number of benzene rings is 3. The number of nitrogens with one attached hydrogen (secondary N) is 1. The van der Waals surface area contributed by atoms with Crippen LogP contribution >= 0.6 is 0 Å². The van der Waals surface area contributed by atoms with E-state index in [1.54, 1.807) is 19.1 Å². The minimum Gasteiger partial charge on any atom is -0.352 e. The minimum absolute atomic E-state index is 0.00864. The lowest BCUT2D eigenvalue weighted by Gasteiger charge is -2.17. The molecule has 0 spiro atoms. The van der Waals surface area contributed by atoms with Crippen LogP contribution < -0.4 is 5.32 Å². The first-order valence-corrected chi connectivity index (χ1v) is 11.6. The molecule has 1 saturated heterocycles. The molecule has 0 bridgehead atoms. The van der Waals surface area contributed by atoms with E-state index in [1.807, 2.05) is 47.3 Å². The molecular formula is C28H27FN4O. The van der Waals surface area contributed by atoms with Crippen LogP contribution in [0.1, 0.15) is 18.9 Å². The largest absolute Gasteiger partial charge is 0.352 e. The van der Waals surface area contributed by atoms with Gasteiger partial charge in [-0.3, -0.25) is 9.69 Å². The predicted octanol–water partition coefficient (Wildman–Crippen LogP) is 5.06. The van der Waals surface area contributed by atoms with Gasteiger partial charge in [-0.1, -0.05) is 54.6 Å². The molecule has 34 heavy (non-hydrogen) atoms. The Morgan fingerprint density at radius 2 is 1.71 bits per heavy atom. The molecule has 172 valence electrons. The number of likely N-dealkylation sites (tertiary alicyclic amines) is 1. The molecular weight excluding hydrogens is 427 g/mol. The first kappa shape index (κ1) is 22.0. The fraction of sp³-hybridized carbons (Fsp3) is 0.214. The van der Waals surface area contributed by atoms with Crippen LogP contribution in [0.15, 0.2) is 85.1 Å². The maximum Gasteiger partial charge on any atom is 0.217 e. The van der Waals surface area contributed by atoms with E-state index >= 15 is 0 Å². The van der Waals surface area contributed by atoms with E-state index in [4.69, 9.17) is 0 Å². The SMILES string of the molecule is CC(=O)NC1CCN(Cc2cnn(-c3ccc(-c4ccccc4)cc3)c2-c2ccccc2F)C1. The predicted molar refractivity (Wildman–Crippen MR) is 132 cm³/mol. The molecule has 1 aliphatic rings. The Morgan fingerprint density at radius 1 is 1.00 bits per heavy atom. The Hall–Kier alpha value is -3.77. The van der Waals surface area contributed by atoms with E-state index in [0.29, 0.717) is 12.1 Å². The van der Waals surface area contributed by atoms with Gasteiger partial charge in [0.15, 0.2) is 0 Å². The fourth-order valence-electron chi connectivity index (χ4n) is 4.68. The summed E-state index contributed by atoms with van der Waals surface area (Å²) in [5, 5.41) is 7.67. The quantitative estimate of drug-likeness (QED) is 0.443. The third-order valence-corrected chi connectivity index (χ3v) is 6.27. The van der Waals surface area contributed by atoms with Crippen molar-refractivity contribution in [3.63, 3.8) is 0 Å². The number of hydrogen-bond donors (Lipinski definition) is 1. The standard InChI is InChI=1S/C28H27FN4O/c1-20(34)31-24-15-16-32(19-24)18-23-17-30-33(28(23)26-9-5-6-10-27(26)29)25-13-11-22(12-14-25)21-7-3-2-4-8-21/h2-14,17,24H,15-16,18-19H2,1H3,(H,31,34). The number of rotatable bonds is 6. The maximum absolute atomic E-state index is 14.9. The van der Waals surface area contributed by atoms with Crippen molar-refractivity contribution in [2.75, 3.05) is 13.1 Å². The van der Waals surface area contributed by atoms with Gasteiger partial charge in [0.2, 0.25) is 5.91 Å². The van der Waals surface area contributed by atoms with Crippen LogP contribution in [-0.4, -0.2) is 39.7 Å². The highest BCUT2D eigenvalue weighted by Gasteiger charge is 2.26. The molecule has 6 heteroatoms. The van der Waals surface area contributed by atoms with E-state index in [-0.39, 0.29) is 17.8 Å². The van der Waals surface area contributed by atoms with E-state index in [9.17, 15) is 9.18 Å². The zero-order chi connectivity index (χ0) is 23.5. The summed E-state index contributed by atoms with van der Waals surface area (Å²) in [5.74, 6) is -0.283. The fourth-order valence-corrected chi connectivity index (χ4v) is 4.68. The molecule has 1 unspecified atom stereocenters. The summed E-state index contributed by atoms with van der Waals surface area (Å²) < 4.78 is 16.8. The minimum atomic E-state index is -0.274. The number of hydrogen-bond acceptors (Lipinski definition) is 3. The van der Waals surface area contributed by atoms with Crippen molar-refractivity contribution < 1.29 is 9.18 Å². The number of nitrogens with zero attached hydrogens (tertiary/aromatic N) is 3. The van der Waals surface area contributed by atoms with Crippen LogP contribution in [0.4, 0.5) is 4.39 Å². The van der Waals surface area contributed by atoms with Crippen molar-refractivity contribution >= 4 is 5.91 Å². The zero-order valence-corrected chi connectivity index (χ0v) is 19.1. The number of aromatic nitrogens is 2. The van der Waals surface area contributed by atoms with Gasteiger partial charge >= 0.3 is 0 Å². The van der Waals surface area contributed by atoms with Gasteiger partial charge in [-0.05, 0) is 41.8 Å². The summed E-state index contributed by atoms with van der Waals surface area (Å²) in [4.78, 5) is 13.7. The van der Waals surface area contributed by atoms with Gasteiger partial charge in [0.05, 0.1) is 17.6 Å². The van der Waals surface area contributed by atoms with E-state index in [1.165, 1.54) is 6.07 Å². The van der Waals surface area contributed by atoms with Crippen LogP contribution in [-0.2, 0) is 11.3 Å². The molecule has 1 atom stereocenters. The van der Waals surface area contributed by atoms with Crippen LogP contribution in [0.25, 0.3) is 28.1 Å². The second-order valence-electron chi connectivity index (χ2n) is 8.74. The van der Waals surface area contributed by atoms with Gasteiger partial charge in [0, 0.05) is 43.7 Å². The maximum atomic E-state index is 14.9. The monoisotopic (exact) mass is 454 g/mol. The van der Waals surface area contributed by atoms with Gasteiger partial charge in [0.25, 0.3) is 0 Å². The second kappa shape index (κ2) is 9.61. The van der Waals surface area contributed by atoms with Gasteiger partial charge in [0.1, 0.15) is 5.82 Å². The van der Waals surface area contributed by atoms with Crippen molar-refractivity contribution in [1.82, 2.24) is 20.0 Å². The van der Waals surface area contributed by atoms with E-state index in [0.717, 1.165) is 47.6 Å². The van der Waals surface area contributed by atoms with Crippen LogP contribution in [0, 0.1) is 5.82 Å². The summed E-state index contributed by atoms with van der Waals surface area (Å²) in [6.45, 7) is 3.83. The first-order valence-electron chi connectivity index (χ1n) is 11.6. The molecule has 3 aromatic carbocycles. The highest BCUT2D eigenvalue weighted by atomic mass is 19.1. The molecule has 1 fully saturated rings. The second-order valence-corrected chi connectivity index (χ2v) is 8.74. The Bertz CT molecular complexity index is 1280. The molecule has 4 aromatic rings. The number of amides is 1. The summed E-state index contributed by atoms with van der Waals surface area (Å²) in [5.41, 5.74) is 5.38. The normalized spacial score (nSPS) is 16.0. The van der Waals surface area contributed by atoms with Crippen LogP contribution in [0.5, 0.6) is 0 Å². The molecule has 5 nitrogen and oxygen atoms in total. The zero-order valence-electron chi connectivity index (χ0n) is 19.1. The number of carbonyl (C=O) groups is 1. The molecule has 1 amide bonds. The molecule has 0 aliphatic carbocycles. The topological polar surface area (TPSA) is 50.2 Å². The van der Waals surface area contributed by atoms with Crippen molar-refractivity contribution in [3.05, 3.63) is 96.4 Å². The molecule has 1 aliphatic heterocycles.